The molecule has 5 rings (SSSR count). The molecule has 0 aliphatic heterocycles. The van der Waals surface area contributed by atoms with Gasteiger partial charge in [0.05, 0.1) is 5.69 Å². The van der Waals surface area contributed by atoms with Gasteiger partial charge in [0.15, 0.2) is 22.5 Å². The zero-order chi connectivity index (χ0) is 22.8. The lowest BCUT2D eigenvalue weighted by atomic mass is 10.3. The Morgan fingerprint density at radius 1 is 0.970 bits per heavy atom. The lowest BCUT2D eigenvalue weighted by molar-refractivity contribution is 0.278. The van der Waals surface area contributed by atoms with E-state index in [1.807, 2.05) is 65.4 Å². The highest BCUT2D eigenvalue weighted by atomic mass is 32.2. The SMILES string of the molecule is Cc1cc(C)n2cc(CSc3nnc(COc4ccccc4F)n3-c3ccccc3)nc2n1. The van der Waals surface area contributed by atoms with Crippen LogP contribution < -0.4 is 4.74 Å². The van der Waals surface area contributed by atoms with Crippen LogP contribution in [-0.2, 0) is 12.4 Å². The maximum atomic E-state index is 14.0. The fraction of sp³-hybridized carbons (Fsp3) is 0.167. The van der Waals surface area contributed by atoms with Crippen LogP contribution in [0.4, 0.5) is 4.39 Å². The van der Waals surface area contributed by atoms with Crippen molar-refractivity contribution in [1.29, 1.82) is 0 Å². The van der Waals surface area contributed by atoms with Crippen molar-refractivity contribution < 1.29 is 9.13 Å². The van der Waals surface area contributed by atoms with Gasteiger partial charge in [-0.3, -0.25) is 8.97 Å². The van der Waals surface area contributed by atoms with E-state index in [0.29, 0.717) is 22.5 Å². The van der Waals surface area contributed by atoms with Gasteiger partial charge < -0.3 is 4.74 Å². The maximum absolute atomic E-state index is 14.0. The van der Waals surface area contributed by atoms with Crippen LogP contribution in [0.1, 0.15) is 22.9 Å². The van der Waals surface area contributed by atoms with Crippen LogP contribution >= 0.6 is 11.8 Å². The van der Waals surface area contributed by atoms with Crippen molar-refractivity contribution >= 4 is 17.5 Å². The van der Waals surface area contributed by atoms with Gasteiger partial charge in [-0.2, -0.15) is 0 Å². The molecule has 0 N–H and O–H groups in total. The smallest absolute Gasteiger partial charge is 0.234 e. The topological polar surface area (TPSA) is 70.1 Å². The minimum absolute atomic E-state index is 0.0835. The number of fused-ring (bicyclic) bond motifs is 1. The number of ether oxygens (including phenoxy) is 1. The molecule has 33 heavy (non-hydrogen) atoms. The average Bonchev–Trinajstić information content (AvgIpc) is 3.41. The third-order valence-corrected chi connectivity index (χ3v) is 6.03. The second-order valence-corrected chi connectivity index (χ2v) is 8.46. The highest BCUT2D eigenvalue weighted by molar-refractivity contribution is 7.98. The van der Waals surface area contributed by atoms with Crippen molar-refractivity contribution in [2.45, 2.75) is 31.4 Å². The number of rotatable bonds is 7. The Morgan fingerprint density at radius 2 is 1.76 bits per heavy atom. The summed E-state index contributed by atoms with van der Waals surface area (Å²) >= 11 is 1.52. The Morgan fingerprint density at radius 3 is 2.58 bits per heavy atom. The van der Waals surface area contributed by atoms with Gasteiger partial charge in [0, 0.05) is 29.0 Å². The molecule has 3 aromatic heterocycles. The molecule has 166 valence electrons. The number of imidazole rings is 1. The third-order valence-electron chi connectivity index (χ3n) is 5.07. The second kappa shape index (κ2) is 9.03. The zero-order valence-electron chi connectivity index (χ0n) is 18.1. The standard InChI is InChI=1S/C24H21FN6OS/c1-16-12-17(2)30-13-18(27-23(30)26-16)15-33-24-29-28-22(31(24)19-8-4-3-5-9-19)14-32-21-11-7-6-10-20(21)25/h3-13H,14-15H2,1-2H3. The highest BCUT2D eigenvalue weighted by Gasteiger charge is 2.17. The van der Waals surface area contributed by atoms with Crippen molar-refractivity contribution in [1.82, 2.24) is 29.1 Å². The molecule has 0 atom stereocenters. The molecule has 5 aromatic rings. The molecule has 0 aliphatic rings. The molecule has 0 spiro atoms. The van der Waals surface area contributed by atoms with Crippen LogP contribution in [0.15, 0.2) is 72.0 Å². The summed E-state index contributed by atoms with van der Waals surface area (Å²) in [6.07, 6.45) is 2.00. The molecular formula is C24H21FN6OS. The van der Waals surface area contributed by atoms with Crippen molar-refractivity contribution in [3.8, 4) is 11.4 Å². The predicted octanol–water partition coefficient (Wildman–Crippen LogP) is 4.94. The Hall–Kier alpha value is -3.72. The summed E-state index contributed by atoms with van der Waals surface area (Å²) in [7, 11) is 0. The fourth-order valence-electron chi connectivity index (χ4n) is 3.55. The second-order valence-electron chi connectivity index (χ2n) is 7.52. The van der Waals surface area contributed by atoms with Gasteiger partial charge in [-0.15, -0.1) is 10.2 Å². The molecule has 7 nitrogen and oxygen atoms in total. The number of aromatic nitrogens is 6. The summed E-state index contributed by atoms with van der Waals surface area (Å²) in [6.45, 7) is 4.08. The van der Waals surface area contributed by atoms with Gasteiger partial charge in [0.25, 0.3) is 0 Å². The molecule has 3 heterocycles. The van der Waals surface area contributed by atoms with Crippen molar-refractivity contribution in [3.05, 3.63) is 95.6 Å². The van der Waals surface area contributed by atoms with Crippen molar-refractivity contribution in [3.63, 3.8) is 0 Å². The first-order chi connectivity index (χ1) is 16.1. The van der Waals surface area contributed by atoms with Gasteiger partial charge in [0.2, 0.25) is 5.78 Å². The number of thioether (sulfide) groups is 1. The van der Waals surface area contributed by atoms with E-state index < -0.39 is 5.82 Å². The average molecular weight is 461 g/mol. The molecule has 2 aromatic carbocycles. The van der Waals surface area contributed by atoms with Gasteiger partial charge >= 0.3 is 0 Å². The van der Waals surface area contributed by atoms with E-state index >= 15 is 0 Å². The van der Waals surface area contributed by atoms with E-state index in [0.717, 1.165) is 22.8 Å². The number of benzene rings is 2. The molecule has 9 heteroatoms. The van der Waals surface area contributed by atoms with Crippen LogP contribution in [0.25, 0.3) is 11.5 Å². The first kappa shape index (κ1) is 21.1. The number of para-hydroxylation sites is 2. The van der Waals surface area contributed by atoms with E-state index in [9.17, 15) is 4.39 Å². The summed E-state index contributed by atoms with van der Waals surface area (Å²) in [5.41, 5.74) is 3.82. The molecule has 0 saturated heterocycles. The lowest BCUT2D eigenvalue weighted by Crippen LogP contribution is -2.07. The summed E-state index contributed by atoms with van der Waals surface area (Å²) in [5.74, 6) is 1.63. The minimum Gasteiger partial charge on any atom is -0.483 e. The monoisotopic (exact) mass is 460 g/mol. The quantitative estimate of drug-likeness (QED) is 0.321. The molecule has 0 bridgehead atoms. The van der Waals surface area contributed by atoms with Crippen molar-refractivity contribution in [2.75, 3.05) is 0 Å². The number of hydrogen-bond donors (Lipinski definition) is 0. The molecule has 0 unspecified atom stereocenters. The third kappa shape index (κ3) is 4.45. The van der Waals surface area contributed by atoms with E-state index in [1.54, 1.807) is 18.2 Å². The summed E-state index contributed by atoms with van der Waals surface area (Å²) in [6, 6.07) is 18.1. The van der Waals surface area contributed by atoms with Crippen LogP contribution in [0.2, 0.25) is 0 Å². The van der Waals surface area contributed by atoms with Gasteiger partial charge in [0.1, 0.15) is 6.61 Å². The van der Waals surface area contributed by atoms with E-state index in [-0.39, 0.29) is 12.4 Å². The van der Waals surface area contributed by atoms with Gasteiger partial charge in [-0.25, -0.2) is 14.4 Å². The number of hydrogen-bond acceptors (Lipinski definition) is 6. The van der Waals surface area contributed by atoms with Crippen LogP contribution in [0.5, 0.6) is 5.75 Å². The normalized spacial score (nSPS) is 11.2. The van der Waals surface area contributed by atoms with Crippen LogP contribution in [-0.4, -0.2) is 29.1 Å². The summed E-state index contributed by atoms with van der Waals surface area (Å²) in [5, 5.41) is 9.40. The Balaban J connectivity index is 1.41. The molecule has 0 saturated carbocycles. The van der Waals surface area contributed by atoms with Gasteiger partial charge in [-0.05, 0) is 44.2 Å². The molecule has 0 aliphatic carbocycles. The van der Waals surface area contributed by atoms with E-state index in [2.05, 4.69) is 20.2 Å². The lowest BCUT2D eigenvalue weighted by Gasteiger charge is -2.11. The highest BCUT2D eigenvalue weighted by Crippen LogP contribution is 2.26. The van der Waals surface area contributed by atoms with Gasteiger partial charge in [-0.1, -0.05) is 42.1 Å². The largest absolute Gasteiger partial charge is 0.483 e. The molecule has 0 radical (unpaired) electrons. The number of nitrogens with zero attached hydrogens (tertiary/aromatic N) is 6. The van der Waals surface area contributed by atoms with Crippen LogP contribution in [0, 0.1) is 19.7 Å². The molecule has 0 fully saturated rings. The minimum atomic E-state index is -0.413. The zero-order valence-corrected chi connectivity index (χ0v) is 19.0. The van der Waals surface area contributed by atoms with Crippen LogP contribution in [0.3, 0.4) is 0 Å². The number of halogens is 1. The first-order valence-corrected chi connectivity index (χ1v) is 11.4. The summed E-state index contributed by atoms with van der Waals surface area (Å²) in [4.78, 5) is 9.16. The molecule has 0 amide bonds. The summed E-state index contributed by atoms with van der Waals surface area (Å²) < 4.78 is 23.6. The Bertz CT molecular complexity index is 1420. The Kier molecular flexibility index (Phi) is 5.78. The van der Waals surface area contributed by atoms with Crippen molar-refractivity contribution in [2.24, 2.45) is 0 Å². The van der Waals surface area contributed by atoms with E-state index in [4.69, 9.17) is 4.74 Å². The fourth-order valence-corrected chi connectivity index (χ4v) is 4.41. The van der Waals surface area contributed by atoms with E-state index in [1.165, 1.54) is 17.8 Å². The first-order valence-electron chi connectivity index (χ1n) is 10.4. The Labute approximate surface area is 194 Å². The molecular weight excluding hydrogens is 439 g/mol. The predicted molar refractivity (Wildman–Crippen MR) is 124 cm³/mol. The maximum Gasteiger partial charge on any atom is 0.234 e. The number of aryl methyl sites for hydroxylation is 2.